The van der Waals surface area contributed by atoms with E-state index in [0.717, 1.165) is 5.75 Å². The molecule has 0 aliphatic carbocycles. The maximum atomic E-state index is 8.52. The van der Waals surface area contributed by atoms with Gasteiger partial charge in [-0.15, -0.1) is 0 Å². The first-order valence-corrected chi connectivity index (χ1v) is 6.78. The molecule has 2 aromatic carbocycles. The van der Waals surface area contributed by atoms with E-state index in [1.54, 1.807) is 0 Å². The van der Waals surface area contributed by atoms with Gasteiger partial charge in [-0.2, -0.15) is 0 Å². The van der Waals surface area contributed by atoms with Gasteiger partial charge < -0.3 is 19.3 Å². The Balaban J connectivity index is 1.65. The molecule has 0 saturated heterocycles. The van der Waals surface area contributed by atoms with Gasteiger partial charge in [0, 0.05) is 0 Å². The van der Waals surface area contributed by atoms with E-state index in [9.17, 15) is 0 Å². The molecule has 0 amide bonds. The topological polar surface area (TPSA) is 47.9 Å². The number of ether oxygens (including phenoxy) is 3. The van der Waals surface area contributed by atoms with Crippen molar-refractivity contribution in [1.29, 1.82) is 0 Å². The van der Waals surface area contributed by atoms with Crippen LogP contribution >= 0.6 is 0 Å². The Morgan fingerprint density at radius 2 is 1.45 bits per heavy atom. The highest BCUT2D eigenvalue weighted by atomic mass is 16.5. The minimum absolute atomic E-state index is 0.0467. The summed E-state index contributed by atoms with van der Waals surface area (Å²) in [6, 6.07) is 14.2. The number of hydrogen-bond donors (Lipinski definition) is 1. The molecule has 4 heteroatoms. The van der Waals surface area contributed by atoms with E-state index in [0.29, 0.717) is 33.0 Å². The van der Waals surface area contributed by atoms with Gasteiger partial charge in [-0.1, -0.05) is 30.3 Å². The second-order valence-corrected chi connectivity index (χ2v) is 4.31. The summed E-state index contributed by atoms with van der Waals surface area (Å²) < 4.78 is 16.1. The molecule has 0 aliphatic rings. The number of fused-ring (bicyclic) bond motifs is 1. The van der Waals surface area contributed by atoms with Gasteiger partial charge >= 0.3 is 0 Å². The Morgan fingerprint density at radius 3 is 2.25 bits per heavy atom. The van der Waals surface area contributed by atoms with Crippen molar-refractivity contribution in [2.24, 2.45) is 0 Å². The third-order valence-corrected chi connectivity index (χ3v) is 2.82. The van der Waals surface area contributed by atoms with Crippen LogP contribution in [0, 0.1) is 0 Å². The molecule has 0 heterocycles. The predicted molar refractivity (Wildman–Crippen MR) is 78.2 cm³/mol. The molecule has 0 saturated carbocycles. The summed E-state index contributed by atoms with van der Waals surface area (Å²) in [5.74, 6) is 0.851. The van der Waals surface area contributed by atoms with Crippen LogP contribution in [-0.4, -0.2) is 44.7 Å². The molecule has 2 rings (SSSR count). The lowest BCUT2D eigenvalue weighted by atomic mass is 10.1. The fraction of sp³-hybridized carbons (Fsp3) is 0.375. The van der Waals surface area contributed by atoms with Gasteiger partial charge in [0.25, 0.3) is 0 Å². The third-order valence-electron chi connectivity index (χ3n) is 2.82. The zero-order valence-electron chi connectivity index (χ0n) is 11.5. The minimum Gasteiger partial charge on any atom is -0.491 e. The maximum Gasteiger partial charge on any atom is 0.120 e. The number of hydrogen-bond acceptors (Lipinski definition) is 4. The predicted octanol–water partition coefficient (Wildman–Crippen LogP) is 2.24. The normalized spacial score (nSPS) is 10.8. The zero-order chi connectivity index (χ0) is 14.0. The van der Waals surface area contributed by atoms with Crippen molar-refractivity contribution in [3.8, 4) is 5.75 Å². The zero-order valence-corrected chi connectivity index (χ0v) is 11.5. The minimum atomic E-state index is 0.0467. The Kier molecular flexibility index (Phi) is 6.31. The van der Waals surface area contributed by atoms with Gasteiger partial charge in [-0.3, -0.25) is 0 Å². The van der Waals surface area contributed by atoms with Crippen molar-refractivity contribution < 1.29 is 19.3 Å². The van der Waals surface area contributed by atoms with E-state index in [1.807, 2.05) is 30.3 Å². The molecular weight excluding hydrogens is 256 g/mol. The average Bonchev–Trinajstić information content (AvgIpc) is 2.50. The fourth-order valence-corrected chi connectivity index (χ4v) is 1.86. The highest BCUT2D eigenvalue weighted by Crippen LogP contribution is 2.20. The quantitative estimate of drug-likeness (QED) is 0.714. The number of benzene rings is 2. The molecule has 0 aliphatic heterocycles. The van der Waals surface area contributed by atoms with Crippen molar-refractivity contribution in [3.63, 3.8) is 0 Å². The van der Waals surface area contributed by atoms with Crippen molar-refractivity contribution in [3.05, 3.63) is 42.5 Å². The summed E-state index contributed by atoms with van der Waals surface area (Å²) in [6.07, 6.45) is 0. The van der Waals surface area contributed by atoms with Crippen molar-refractivity contribution >= 4 is 10.8 Å². The molecule has 0 atom stereocenters. The van der Waals surface area contributed by atoms with E-state index in [4.69, 9.17) is 19.3 Å². The van der Waals surface area contributed by atoms with E-state index >= 15 is 0 Å². The third kappa shape index (κ3) is 4.81. The molecule has 0 aromatic heterocycles. The van der Waals surface area contributed by atoms with Gasteiger partial charge in [-0.05, 0) is 22.9 Å². The molecule has 0 fully saturated rings. The summed E-state index contributed by atoms with van der Waals surface area (Å²) >= 11 is 0. The monoisotopic (exact) mass is 276 g/mol. The molecule has 0 radical (unpaired) electrons. The largest absolute Gasteiger partial charge is 0.491 e. The van der Waals surface area contributed by atoms with Crippen LogP contribution in [0.2, 0.25) is 0 Å². The molecule has 1 N–H and O–H groups in total. The van der Waals surface area contributed by atoms with Gasteiger partial charge in [0.1, 0.15) is 12.4 Å². The van der Waals surface area contributed by atoms with E-state index in [2.05, 4.69) is 12.1 Å². The first kappa shape index (κ1) is 14.8. The standard InChI is InChI=1S/C16H20O4/c17-7-8-18-9-10-19-11-12-20-16-6-5-14-3-1-2-4-15(14)13-16/h1-6,13,17H,7-12H2. The Hall–Kier alpha value is -1.62. The maximum absolute atomic E-state index is 8.52. The second-order valence-electron chi connectivity index (χ2n) is 4.31. The van der Waals surface area contributed by atoms with Crippen LogP contribution < -0.4 is 4.74 Å². The lowest BCUT2D eigenvalue weighted by Gasteiger charge is -2.08. The lowest BCUT2D eigenvalue weighted by molar-refractivity contribution is 0.0247. The smallest absolute Gasteiger partial charge is 0.120 e. The molecule has 20 heavy (non-hydrogen) atoms. The molecule has 2 aromatic rings. The fourth-order valence-electron chi connectivity index (χ4n) is 1.86. The van der Waals surface area contributed by atoms with Crippen molar-refractivity contribution in [2.45, 2.75) is 0 Å². The molecule has 108 valence electrons. The van der Waals surface area contributed by atoms with E-state index in [1.165, 1.54) is 10.8 Å². The summed E-state index contributed by atoms with van der Waals surface area (Å²) in [5.41, 5.74) is 0. The van der Waals surface area contributed by atoms with Crippen molar-refractivity contribution in [1.82, 2.24) is 0 Å². The first-order chi connectivity index (χ1) is 9.90. The van der Waals surface area contributed by atoms with Crippen LogP contribution in [0.5, 0.6) is 5.75 Å². The summed E-state index contributed by atoms with van der Waals surface area (Å²) in [5, 5.41) is 10.9. The van der Waals surface area contributed by atoms with Crippen LogP contribution in [0.3, 0.4) is 0 Å². The lowest BCUT2D eigenvalue weighted by Crippen LogP contribution is -2.11. The molecule has 4 nitrogen and oxygen atoms in total. The molecular formula is C16H20O4. The Morgan fingerprint density at radius 1 is 0.750 bits per heavy atom. The van der Waals surface area contributed by atoms with Crippen LogP contribution in [0.1, 0.15) is 0 Å². The van der Waals surface area contributed by atoms with Gasteiger partial charge in [0.2, 0.25) is 0 Å². The first-order valence-electron chi connectivity index (χ1n) is 6.78. The SMILES string of the molecule is OCCOCCOCCOc1ccc2ccccc2c1. The number of aliphatic hydroxyl groups excluding tert-OH is 1. The van der Waals surface area contributed by atoms with Gasteiger partial charge in [0.05, 0.1) is 33.0 Å². The van der Waals surface area contributed by atoms with Crippen LogP contribution in [0.25, 0.3) is 10.8 Å². The van der Waals surface area contributed by atoms with Crippen LogP contribution in [0.15, 0.2) is 42.5 Å². The summed E-state index contributed by atoms with van der Waals surface area (Å²) in [6.45, 7) is 2.45. The van der Waals surface area contributed by atoms with Crippen molar-refractivity contribution in [2.75, 3.05) is 39.6 Å². The highest BCUT2D eigenvalue weighted by molar-refractivity contribution is 5.83. The second kappa shape index (κ2) is 8.53. The average molecular weight is 276 g/mol. The van der Waals surface area contributed by atoms with Gasteiger partial charge in [0.15, 0.2) is 0 Å². The van der Waals surface area contributed by atoms with Gasteiger partial charge in [-0.25, -0.2) is 0 Å². The van der Waals surface area contributed by atoms with Crippen LogP contribution in [-0.2, 0) is 9.47 Å². The molecule has 0 spiro atoms. The van der Waals surface area contributed by atoms with E-state index < -0.39 is 0 Å². The molecule has 0 unspecified atom stereocenters. The highest BCUT2D eigenvalue weighted by Gasteiger charge is 1.97. The number of rotatable bonds is 9. The summed E-state index contributed by atoms with van der Waals surface area (Å²) in [4.78, 5) is 0. The number of aliphatic hydroxyl groups is 1. The summed E-state index contributed by atoms with van der Waals surface area (Å²) in [7, 11) is 0. The van der Waals surface area contributed by atoms with E-state index in [-0.39, 0.29) is 6.61 Å². The molecule has 0 bridgehead atoms. The Bertz CT molecular complexity index is 513. The Labute approximate surface area is 118 Å². The van der Waals surface area contributed by atoms with Crippen LogP contribution in [0.4, 0.5) is 0 Å².